The molecular weight excluding hydrogens is 289 g/mol. The Morgan fingerprint density at radius 1 is 1.00 bits per heavy atom. The lowest BCUT2D eigenvalue weighted by Gasteiger charge is -2.45. The fourth-order valence-corrected chi connectivity index (χ4v) is 3.90. The van der Waals surface area contributed by atoms with Crippen LogP contribution >= 0.6 is 0 Å². The summed E-state index contributed by atoms with van der Waals surface area (Å²) in [5.41, 5.74) is 3.13. The molecule has 0 spiro atoms. The monoisotopic (exact) mass is 309 g/mol. The quantitative estimate of drug-likeness (QED) is 0.825. The molecule has 118 valence electrons. The van der Waals surface area contributed by atoms with E-state index in [4.69, 9.17) is 0 Å². The number of rotatable bonds is 2. The lowest BCUT2D eigenvalue weighted by atomic mass is 9.63. The van der Waals surface area contributed by atoms with Crippen molar-refractivity contribution in [3.8, 4) is 0 Å². The van der Waals surface area contributed by atoms with Crippen molar-refractivity contribution in [2.24, 2.45) is 0 Å². The maximum Gasteiger partial charge on any atom is 0.233 e. The molecule has 0 radical (unpaired) electrons. The Morgan fingerprint density at radius 3 is 2.35 bits per heavy atom. The summed E-state index contributed by atoms with van der Waals surface area (Å²) in [7, 11) is 0. The first-order chi connectivity index (χ1) is 11.2. The molecule has 0 N–H and O–H groups in total. The van der Waals surface area contributed by atoms with Gasteiger partial charge in [0.1, 0.15) is 5.82 Å². The van der Waals surface area contributed by atoms with Crippen LogP contribution in [0.25, 0.3) is 0 Å². The highest BCUT2D eigenvalue weighted by Gasteiger charge is 2.47. The molecule has 0 aromatic heterocycles. The molecular formula is C20H20FNO. The van der Waals surface area contributed by atoms with Crippen LogP contribution < -0.4 is 0 Å². The number of carbonyl (C=O) groups is 1. The van der Waals surface area contributed by atoms with Crippen molar-refractivity contribution in [3.05, 3.63) is 71.0 Å². The van der Waals surface area contributed by atoms with Crippen LogP contribution in [-0.4, -0.2) is 17.4 Å². The van der Waals surface area contributed by atoms with Gasteiger partial charge in [0.15, 0.2) is 0 Å². The summed E-state index contributed by atoms with van der Waals surface area (Å²) >= 11 is 0. The Bertz CT molecular complexity index is 734. The molecule has 0 bridgehead atoms. The van der Waals surface area contributed by atoms with Gasteiger partial charge in [0.2, 0.25) is 5.91 Å². The molecule has 1 saturated carbocycles. The molecule has 1 aliphatic carbocycles. The van der Waals surface area contributed by atoms with Crippen molar-refractivity contribution in [2.45, 2.75) is 37.6 Å². The van der Waals surface area contributed by atoms with Gasteiger partial charge in [0.25, 0.3) is 0 Å². The summed E-state index contributed by atoms with van der Waals surface area (Å²) in [6, 6.07) is 14.8. The van der Waals surface area contributed by atoms with Crippen LogP contribution in [0, 0.1) is 5.82 Å². The number of carbonyl (C=O) groups excluding carboxylic acids is 1. The lowest BCUT2D eigenvalue weighted by Crippen LogP contribution is -2.52. The van der Waals surface area contributed by atoms with E-state index < -0.39 is 5.41 Å². The van der Waals surface area contributed by atoms with E-state index in [2.05, 4.69) is 18.2 Å². The van der Waals surface area contributed by atoms with E-state index in [1.807, 2.05) is 11.0 Å². The molecule has 1 heterocycles. The predicted octanol–water partition coefficient (Wildman–Crippen LogP) is 3.83. The number of nitrogens with zero attached hydrogens (tertiary/aromatic N) is 1. The fraction of sp³-hybridized carbons (Fsp3) is 0.350. The normalized spacial score (nSPS) is 18.9. The molecule has 23 heavy (non-hydrogen) atoms. The van der Waals surface area contributed by atoms with Crippen LogP contribution in [0.3, 0.4) is 0 Å². The molecule has 2 aromatic carbocycles. The van der Waals surface area contributed by atoms with Gasteiger partial charge in [-0.3, -0.25) is 4.79 Å². The second kappa shape index (κ2) is 5.48. The highest BCUT2D eigenvalue weighted by molar-refractivity contribution is 5.89. The van der Waals surface area contributed by atoms with Crippen LogP contribution in [0.4, 0.5) is 4.39 Å². The van der Waals surface area contributed by atoms with E-state index in [9.17, 15) is 9.18 Å². The molecule has 1 aliphatic heterocycles. The number of hydrogen-bond acceptors (Lipinski definition) is 1. The largest absolute Gasteiger partial charge is 0.337 e. The Balaban J connectivity index is 1.62. The summed E-state index contributed by atoms with van der Waals surface area (Å²) in [5, 5.41) is 0. The topological polar surface area (TPSA) is 20.3 Å². The molecule has 2 nitrogen and oxygen atoms in total. The number of hydrogen-bond donors (Lipinski definition) is 0. The molecule has 1 fully saturated rings. The van der Waals surface area contributed by atoms with Gasteiger partial charge < -0.3 is 4.90 Å². The van der Waals surface area contributed by atoms with Gasteiger partial charge in [-0.05, 0) is 48.1 Å². The summed E-state index contributed by atoms with van der Waals surface area (Å²) in [4.78, 5) is 15.2. The van der Waals surface area contributed by atoms with Crippen LogP contribution in [0.1, 0.15) is 36.0 Å². The average Bonchev–Trinajstić information content (AvgIpc) is 2.55. The summed E-state index contributed by atoms with van der Waals surface area (Å²) < 4.78 is 13.2. The first-order valence-corrected chi connectivity index (χ1v) is 8.31. The zero-order chi connectivity index (χ0) is 15.9. The minimum Gasteiger partial charge on any atom is -0.337 e. The van der Waals surface area contributed by atoms with Crippen LogP contribution in [0.2, 0.25) is 0 Å². The minimum absolute atomic E-state index is 0.213. The molecule has 2 aliphatic rings. The van der Waals surface area contributed by atoms with Gasteiger partial charge in [-0.25, -0.2) is 4.39 Å². The number of benzene rings is 2. The summed E-state index contributed by atoms with van der Waals surface area (Å²) in [5.74, 6) is -0.0348. The number of fused-ring (bicyclic) bond motifs is 1. The van der Waals surface area contributed by atoms with Crippen LogP contribution in [0.15, 0.2) is 48.5 Å². The van der Waals surface area contributed by atoms with Crippen molar-refractivity contribution in [1.29, 1.82) is 0 Å². The Morgan fingerprint density at radius 2 is 1.70 bits per heavy atom. The standard InChI is InChI=1S/C20H20FNO/c21-18-8-6-17(7-9-18)20(11-3-12-20)19(23)22-13-10-15-4-1-2-5-16(15)14-22/h1-2,4-9H,3,10-14H2. The fourth-order valence-electron chi connectivity index (χ4n) is 3.90. The second-order valence-corrected chi connectivity index (χ2v) is 6.69. The van der Waals surface area contributed by atoms with Crippen molar-refractivity contribution in [3.63, 3.8) is 0 Å². The van der Waals surface area contributed by atoms with Gasteiger partial charge in [-0.1, -0.05) is 42.8 Å². The third kappa shape index (κ3) is 2.35. The highest BCUT2D eigenvalue weighted by Crippen LogP contribution is 2.45. The van der Waals surface area contributed by atoms with Gasteiger partial charge in [0.05, 0.1) is 5.41 Å². The van der Waals surface area contributed by atoms with Gasteiger partial charge in [-0.2, -0.15) is 0 Å². The molecule has 0 saturated heterocycles. The smallest absolute Gasteiger partial charge is 0.233 e. The number of halogens is 1. The zero-order valence-corrected chi connectivity index (χ0v) is 13.1. The van der Waals surface area contributed by atoms with E-state index in [-0.39, 0.29) is 11.7 Å². The van der Waals surface area contributed by atoms with Crippen molar-refractivity contribution in [2.75, 3.05) is 6.54 Å². The second-order valence-electron chi connectivity index (χ2n) is 6.69. The molecule has 1 amide bonds. The molecule has 3 heteroatoms. The van der Waals surface area contributed by atoms with Gasteiger partial charge >= 0.3 is 0 Å². The maximum atomic E-state index is 13.2. The Hall–Kier alpha value is -2.16. The van der Waals surface area contributed by atoms with Crippen LogP contribution in [-0.2, 0) is 23.2 Å². The summed E-state index contributed by atoms with van der Waals surface area (Å²) in [6.07, 6.45) is 3.72. The lowest BCUT2D eigenvalue weighted by molar-refractivity contribution is -0.142. The zero-order valence-electron chi connectivity index (χ0n) is 13.1. The average molecular weight is 309 g/mol. The van der Waals surface area contributed by atoms with Gasteiger partial charge in [-0.15, -0.1) is 0 Å². The molecule has 2 aromatic rings. The van der Waals surface area contributed by atoms with Crippen molar-refractivity contribution < 1.29 is 9.18 Å². The highest BCUT2D eigenvalue weighted by atomic mass is 19.1. The van der Waals surface area contributed by atoms with Crippen molar-refractivity contribution >= 4 is 5.91 Å². The van der Waals surface area contributed by atoms with E-state index in [0.717, 1.165) is 37.8 Å². The third-order valence-electron chi connectivity index (χ3n) is 5.43. The number of amides is 1. The maximum absolute atomic E-state index is 13.2. The summed E-state index contributed by atoms with van der Waals surface area (Å²) in [6.45, 7) is 1.47. The molecule has 0 atom stereocenters. The van der Waals surface area contributed by atoms with E-state index in [0.29, 0.717) is 6.54 Å². The first-order valence-electron chi connectivity index (χ1n) is 8.31. The minimum atomic E-state index is -0.431. The predicted molar refractivity (Wildman–Crippen MR) is 87.5 cm³/mol. The van der Waals surface area contributed by atoms with E-state index in [1.165, 1.54) is 23.3 Å². The molecule has 0 unspecified atom stereocenters. The first kappa shape index (κ1) is 14.4. The van der Waals surface area contributed by atoms with E-state index in [1.54, 1.807) is 12.1 Å². The van der Waals surface area contributed by atoms with Gasteiger partial charge in [0, 0.05) is 13.1 Å². The SMILES string of the molecule is O=C(N1CCc2ccccc2C1)C1(c2ccc(F)cc2)CCC1. The van der Waals surface area contributed by atoms with Crippen molar-refractivity contribution in [1.82, 2.24) is 4.90 Å². The Kier molecular flexibility index (Phi) is 3.44. The van der Waals surface area contributed by atoms with Crippen LogP contribution in [0.5, 0.6) is 0 Å². The third-order valence-corrected chi connectivity index (χ3v) is 5.43. The van der Waals surface area contributed by atoms with E-state index >= 15 is 0 Å². The molecule has 4 rings (SSSR count). The Labute approximate surface area is 135 Å².